The van der Waals surface area contributed by atoms with Gasteiger partial charge in [0.05, 0.1) is 11.4 Å². The third-order valence-electron chi connectivity index (χ3n) is 5.04. The molecule has 0 bridgehead atoms. The minimum atomic E-state index is 0.657. The summed E-state index contributed by atoms with van der Waals surface area (Å²) in [6.07, 6.45) is 14.4. The molecule has 3 heteroatoms. The van der Waals surface area contributed by atoms with Crippen molar-refractivity contribution in [3.63, 3.8) is 0 Å². The van der Waals surface area contributed by atoms with Crippen LogP contribution in [-0.4, -0.2) is 15.5 Å². The number of aryl methyl sites for hydroxylation is 1. The zero-order valence-electron chi connectivity index (χ0n) is 14.1. The van der Waals surface area contributed by atoms with Crippen molar-refractivity contribution in [2.45, 2.75) is 83.5 Å². The van der Waals surface area contributed by atoms with Crippen molar-refractivity contribution in [1.29, 1.82) is 0 Å². The highest BCUT2D eigenvalue weighted by Gasteiger charge is 2.23. The molecule has 0 N–H and O–H groups in total. The summed E-state index contributed by atoms with van der Waals surface area (Å²) in [4.78, 5) is 0. The van der Waals surface area contributed by atoms with E-state index in [1.54, 1.807) is 0 Å². The molecule has 2 rings (SSSR count). The smallest absolute Gasteiger partial charge is 0.0662 e. The second-order valence-corrected chi connectivity index (χ2v) is 7.60. The SMILES string of the molecule is CCCCCc1ccc([C@H]2CC[C@H](CCCCBr)CC2)nn1. The van der Waals surface area contributed by atoms with Gasteiger partial charge in [-0.2, -0.15) is 10.2 Å². The summed E-state index contributed by atoms with van der Waals surface area (Å²) in [6.45, 7) is 2.24. The van der Waals surface area contributed by atoms with E-state index in [-0.39, 0.29) is 0 Å². The number of rotatable bonds is 9. The van der Waals surface area contributed by atoms with Gasteiger partial charge in [0.1, 0.15) is 0 Å². The van der Waals surface area contributed by atoms with Crippen LogP contribution in [-0.2, 0) is 6.42 Å². The van der Waals surface area contributed by atoms with E-state index in [4.69, 9.17) is 0 Å². The van der Waals surface area contributed by atoms with Crippen molar-refractivity contribution in [2.75, 3.05) is 5.33 Å². The van der Waals surface area contributed by atoms with Crippen LogP contribution in [0.4, 0.5) is 0 Å². The summed E-state index contributed by atoms with van der Waals surface area (Å²) in [5, 5.41) is 10.1. The molecule has 0 radical (unpaired) electrons. The maximum Gasteiger partial charge on any atom is 0.0662 e. The molecule has 1 saturated carbocycles. The molecule has 2 nitrogen and oxygen atoms in total. The van der Waals surface area contributed by atoms with Crippen LogP contribution in [0.3, 0.4) is 0 Å². The van der Waals surface area contributed by atoms with Gasteiger partial charge >= 0.3 is 0 Å². The zero-order chi connectivity index (χ0) is 15.6. The number of hydrogen-bond donors (Lipinski definition) is 0. The topological polar surface area (TPSA) is 25.8 Å². The maximum atomic E-state index is 4.53. The molecule has 0 aromatic carbocycles. The Morgan fingerprint density at radius 1 is 1.00 bits per heavy atom. The van der Waals surface area contributed by atoms with Crippen molar-refractivity contribution in [3.8, 4) is 0 Å². The number of alkyl halides is 1. The number of hydrogen-bond acceptors (Lipinski definition) is 2. The van der Waals surface area contributed by atoms with E-state index in [0.717, 1.165) is 17.7 Å². The van der Waals surface area contributed by atoms with Crippen LogP contribution in [0.25, 0.3) is 0 Å². The van der Waals surface area contributed by atoms with Crippen LogP contribution >= 0.6 is 15.9 Å². The standard InChI is InChI=1S/C19H31BrN2/c1-2-3-4-8-18-13-14-19(22-21-18)17-11-9-16(10-12-17)7-5-6-15-20/h13-14,16-17H,2-12,15H2,1H3/t16-,17-. The molecule has 0 spiro atoms. The quantitative estimate of drug-likeness (QED) is 0.392. The van der Waals surface area contributed by atoms with Crippen molar-refractivity contribution in [1.82, 2.24) is 10.2 Å². The predicted octanol–water partition coefficient (Wildman–Crippen LogP) is 6.05. The first kappa shape index (κ1) is 17.9. The molecule has 0 unspecified atom stereocenters. The normalized spacial score (nSPS) is 21.9. The van der Waals surface area contributed by atoms with Gasteiger partial charge in [0.25, 0.3) is 0 Å². The lowest BCUT2D eigenvalue weighted by atomic mass is 9.78. The molecular formula is C19H31BrN2. The molecule has 1 fully saturated rings. The molecule has 124 valence electrons. The minimum Gasteiger partial charge on any atom is -0.155 e. The first-order valence-corrected chi connectivity index (χ1v) is 10.3. The lowest BCUT2D eigenvalue weighted by Gasteiger charge is -2.28. The Balaban J connectivity index is 1.74. The Morgan fingerprint density at radius 2 is 1.82 bits per heavy atom. The van der Waals surface area contributed by atoms with E-state index in [9.17, 15) is 0 Å². The molecule has 22 heavy (non-hydrogen) atoms. The van der Waals surface area contributed by atoms with E-state index in [1.807, 2.05) is 0 Å². The van der Waals surface area contributed by atoms with Crippen LogP contribution in [0.5, 0.6) is 0 Å². The van der Waals surface area contributed by atoms with Crippen molar-refractivity contribution in [3.05, 3.63) is 23.5 Å². The van der Waals surface area contributed by atoms with E-state index >= 15 is 0 Å². The maximum absolute atomic E-state index is 4.53. The molecule has 1 aliphatic rings. The number of aromatic nitrogens is 2. The fourth-order valence-electron chi connectivity index (χ4n) is 3.55. The van der Waals surface area contributed by atoms with E-state index < -0.39 is 0 Å². The Bertz CT molecular complexity index is 396. The molecule has 0 aliphatic heterocycles. The largest absolute Gasteiger partial charge is 0.155 e. The van der Waals surface area contributed by atoms with Crippen LogP contribution in [0.2, 0.25) is 0 Å². The van der Waals surface area contributed by atoms with Crippen molar-refractivity contribution < 1.29 is 0 Å². The molecular weight excluding hydrogens is 336 g/mol. The average Bonchev–Trinajstić information content (AvgIpc) is 2.57. The average molecular weight is 367 g/mol. The van der Waals surface area contributed by atoms with Gasteiger partial charge in [-0.25, -0.2) is 0 Å². The van der Waals surface area contributed by atoms with Gasteiger partial charge < -0.3 is 0 Å². The second-order valence-electron chi connectivity index (χ2n) is 6.81. The summed E-state index contributed by atoms with van der Waals surface area (Å²) in [7, 11) is 0. The van der Waals surface area contributed by atoms with Gasteiger partial charge in [0, 0.05) is 11.2 Å². The van der Waals surface area contributed by atoms with Crippen LogP contribution < -0.4 is 0 Å². The highest BCUT2D eigenvalue weighted by Crippen LogP contribution is 2.36. The van der Waals surface area contributed by atoms with E-state index in [1.165, 1.54) is 75.6 Å². The Morgan fingerprint density at radius 3 is 2.45 bits per heavy atom. The highest BCUT2D eigenvalue weighted by molar-refractivity contribution is 9.09. The summed E-state index contributed by atoms with van der Waals surface area (Å²) in [6, 6.07) is 4.45. The van der Waals surface area contributed by atoms with Gasteiger partial charge in [-0.1, -0.05) is 48.5 Å². The number of nitrogens with zero attached hydrogens (tertiary/aromatic N) is 2. The van der Waals surface area contributed by atoms with Crippen LogP contribution in [0, 0.1) is 5.92 Å². The molecule has 0 amide bonds. The lowest BCUT2D eigenvalue weighted by molar-refractivity contribution is 0.301. The second kappa shape index (κ2) is 10.4. The van der Waals surface area contributed by atoms with Gasteiger partial charge in [-0.15, -0.1) is 0 Å². The summed E-state index contributed by atoms with van der Waals surface area (Å²) >= 11 is 3.52. The van der Waals surface area contributed by atoms with E-state index in [0.29, 0.717) is 5.92 Å². The summed E-state index contributed by atoms with van der Waals surface area (Å²) in [5.74, 6) is 1.61. The summed E-state index contributed by atoms with van der Waals surface area (Å²) in [5.41, 5.74) is 2.40. The van der Waals surface area contributed by atoms with Crippen molar-refractivity contribution in [2.24, 2.45) is 5.92 Å². The number of halogens is 1. The van der Waals surface area contributed by atoms with Gasteiger partial charge in [-0.3, -0.25) is 0 Å². The Kier molecular flexibility index (Phi) is 8.43. The van der Waals surface area contributed by atoms with Crippen molar-refractivity contribution >= 4 is 15.9 Å². The zero-order valence-corrected chi connectivity index (χ0v) is 15.7. The molecule has 0 saturated heterocycles. The van der Waals surface area contributed by atoms with Gasteiger partial charge in [-0.05, 0) is 63.0 Å². The number of unbranched alkanes of at least 4 members (excludes halogenated alkanes) is 3. The highest BCUT2D eigenvalue weighted by atomic mass is 79.9. The van der Waals surface area contributed by atoms with Gasteiger partial charge in [0.15, 0.2) is 0 Å². The molecule has 1 heterocycles. The fraction of sp³-hybridized carbons (Fsp3) is 0.789. The predicted molar refractivity (Wildman–Crippen MR) is 97.6 cm³/mol. The fourth-order valence-corrected chi connectivity index (χ4v) is 3.95. The molecule has 1 aromatic rings. The molecule has 1 aromatic heterocycles. The van der Waals surface area contributed by atoms with E-state index in [2.05, 4.69) is 45.2 Å². The lowest BCUT2D eigenvalue weighted by Crippen LogP contribution is -2.15. The third-order valence-corrected chi connectivity index (χ3v) is 5.60. The Labute approximate surface area is 144 Å². The van der Waals surface area contributed by atoms with Crippen LogP contribution in [0.15, 0.2) is 12.1 Å². The Hall–Kier alpha value is -0.440. The molecule has 1 aliphatic carbocycles. The summed E-state index contributed by atoms with van der Waals surface area (Å²) < 4.78 is 0. The van der Waals surface area contributed by atoms with Crippen LogP contribution in [0.1, 0.15) is 88.4 Å². The molecule has 0 atom stereocenters. The monoisotopic (exact) mass is 366 g/mol. The van der Waals surface area contributed by atoms with Gasteiger partial charge in [0.2, 0.25) is 0 Å². The minimum absolute atomic E-state index is 0.657. The third kappa shape index (κ3) is 5.98. The first-order valence-electron chi connectivity index (χ1n) is 9.22. The first-order chi connectivity index (χ1) is 10.8.